The number of rotatable bonds is 26. The van der Waals surface area contributed by atoms with E-state index in [1.165, 1.54) is 0 Å². The van der Waals surface area contributed by atoms with Gasteiger partial charge in [0.25, 0.3) is 0 Å². The molecule has 3 heterocycles. The Labute approximate surface area is 388 Å². The molecule has 3 aliphatic rings. The minimum Gasteiger partial charge on any atom is -0.394 e. The van der Waals surface area contributed by atoms with Crippen molar-refractivity contribution in [3.8, 4) is 0 Å². The van der Waals surface area contributed by atoms with Crippen LogP contribution in [0, 0.1) is 17.8 Å². The van der Waals surface area contributed by atoms with Gasteiger partial charge >= 0.3 is 0 Å². The summed E-state index contributed by atoms with van der Waals surface area (Å²) in [5, 5.41) is 97.8. The van der Waals surface area contributed by atoms with Crippen LogP contribution in [0.15, 0.2) is 0 Å². The smallest absolute Gasteiger partial charge is 0.247 e. The number of aliphatic hydroxyl groups excluding tert-OH is 9. The van der Waals surface area contributed by atoms with Gasteiger partial charge < -0.3 is 105 Å². The number of aliphatic hydroxyl groups is 9. The summed E-state index contributed by atoms with van der Waals surface area (Å²) in [6.45, 7) is 5.57. The van der Waals surface area contributed by atoms with E-state index in [9.17, 15) is 60.3 Å². The van der Waals surface area contributed by atoms with Gasteiger partial charge in [0, 0.05) is 29.7 Å². The monoisotopic (exact) mass is 966 g/mol. The van der Waals surface area contributed by atoms with E-state index in [1.807, 2.05) is 20.8 Å². The lowest BCUT2D eigenvalue weighted by molar-refractivity contribution is -0.283. The van der Waals surface area contributed by atoms with Gasteiger partial charge in [-0.05, 0) is 20.8 Å². The number of hydrogen-bond donors (Lipinski definition) is 12. The van der Waals surface area contributed by atoms with Gasteiger partial charge in [0.05, 0.1) is 70.1 Å². The van der Waals surface area contributed by atoms with Crippen LogP contribution in [0.4, 0.5) is 0 Å². The molecule has 0 saturated carbocycles. The van der Waals surface area contributed by atoms with E-state index in [1.54, 1.807) is 20.8 Å². The Kier molecular flexibility index (Phi) is 29.5. The van der Waals surface area contributed by atoms with Crippen molar-refractivity contribution in [3.63, 3.8) is 0 Å². The maximum atomic E-state index is 12.9. The number of amides is 2. The van der Waals surface area contributed by atoms with Gasteiger partial charge in [0.15, 0.2) is 24.7 Å². The quantitative estimate of drug-likeness (QED) is 0.0374. The Morgan fingerprint density at radius 3 is 1.20 bits per heavy atom. The van der Waals surface area contributed by atoms with Crippen molar-refractivity contribution in [2.45, 2.75) is 155 Å². The zero-order valence-electron chi connectivity index (χ0n) is 36.8. The predicted molar refractivity (Wildman–Crippen MR) is 233 cm³/mol. The maximum absolute atomic E-state index is 12.9. The first kappa shape index (κ1) is 63.8. The van der Waals surface area contributed by atoms with Crippen LogP contribution in [-0.2, 0) is 57.0 Å². The van der Waals surface area contributed by atoms with Gasteiger partial charge in [-0.2, -0.15) is 0 Å². The molecule has 0 aromatic rings. The van der Waals surface area contributed by atoms with Crippen molar-refractivity contribution in [1.29, 1.82) is 0 Å². The largest absolute Gasteiger partial charge is 0.394 e. The lowest BCUT2D eigenvalue weighted by atomic mass is 9.92. The summed E-state index contributed by atoms with van der Waals surface area (Å²) in [5.41, 5.74) is -1.93. The van der Waals surface area contributed by atoms with E-state index in [0.29, 0.717) is 0 Å². The predicted octanol–water partition coefficient (Wildman–Crippen LogP) is -3.55. The standard InChI is InChI=1S/C39H71N3O21.3CH4/c1-20-29(49)32(52)24(9-43)61-35(20)58-8-7-23(46)12-55-15-39(42-38(4,5)6,16-56-13-27(47)40-18-59-36-21(2)30(50)33(53)25(10-44)62-36)17-57-14-28(48)41-19-60-37-22(3)31(51)34(54)26(11-45)63-37;;;/h20-22,24-26,29-37,42-45,49-54H,7-19H2,1-6H3,(H,40,47)(H,41,48);3*1H4/t20?,21?,22?,24?,25?,26?,29-,30-,31-,32+,33+,34+,35-,36-,37-,39?;;;/m1.../s1. The van der Waals surface area contributed by atoms with Gasteiger partial charge in [-0.3, -0.25) is 14.4 Å². The molecule has 24 heteroatoms. The number of carbonyl (C=O) groups is 3. The van der Waals surface area contributed by atoms with Crippen LogP contribution in [-0.4, -0.2) is 228 Å². The lowest BCUT2D eigenvalue weighted by Crippen LogP contribution is -2.62. The summed E-state index contributed by atoms with van der Waals surface area (Å²) in [6, 6.07) is 0. The summed E-state index contributed by atoms with van der Waals surface area (Å²) in [6.07, 6.45) is -14.1. The van der Waals surface area contributed by atoms with Crippen molar-refractivity contribution in [3.05, 3.63) is 0 Å². The van der Waals surface area contributed by atoms with E-state index in [-0.39, 0.29) is 74.4 Å². The van der Waals surface area contributed by atoms with Crippen LogP contribution in [0.1, 0.15) is 70.2 Å². The number of hydrogen-bond acceptors (Lipinski definition) is 22. The molecule has 0 spiro atoms. The molecule has 0 aromatic carbocycles. The molecule has 3 saturated heterocycles. The molecule has 66 heavy (non-hydrogen) atoms. The molecule has 0 aliphatic carbocycles. The molecule has 0 radical (unpaired) electrons. The SMILES string of the molecule is C.C.C.CC1[C@H](OCCC(=O)COCC(COCC(=O)NCO[C@@H]2OC(CO)[C@H](O)[C@H](O)C2C)(COCC(=O)NCO[C@@H]2OC(CO)[C@H](O)[C@H](O)C2C)NC(C)(C)C)OC(CO)[C@H](O)[C@@H]1O. The zero-order valence-corrected chi connectivity index (χ0v) is 36.8. The van der Waals surface area contributed by atoms with Crippen LogP contribution < -0.4 is 16.0 Å². The molecule has 3 rings (SSSR count). The Hall–Kier alpha value is -2.15. The number of Topliss-reactive ketones (excluding diaryl/α,β-unsaturated/α-hetero) is 1. The molecule has 6 unspecified atom stereocenters. The van der Waals surface area contributed by atoms with Crippen molar-refractivity contribution in [2.75, 3.05) is 79.5 Å². The second-order valence-electron chi connectivity index (χ2n) is 17.3. The molecule has 3 fully saturated rings. The average molecular weight is 966 g/mol. The van der Waals surface area contributed by atoms with Crippen LogP contribution in [0.3, 0.4) is 0 Å². The first-order valence-electron chi connectivity index (χ1n) is 21.0. The minimum absolute atomic E-state index is 0. The van der Waals surface area contributed by atoms with Crippen molar-refractivity contribution in [2.24, 2.45) is 17.8 Å². The fraction of sp³-hybridized carbons (Fsp3) is 0.929. The van der Waals surface area contributed by atoms with Gasteiger partial charge in [0.1, 0.15) is 69.9 Å². The van der Waals surface area contributed by atoms with E-state index in [4.69, 9.17) is 42.6 Å². The molecule has 0 aromatic heterocycles. The van der Waals surface area contributed by atoms with Crippen LogP contribution in [0.2, 0.25) is 0 Å². The highest BCUT2D eigenvalue weighted by molar-refractivity contribution is 5.79. The van der Waals surface area contributed by atoms with Crippen molar-refractivity contribution >= 4 is 17.6 Å². The molecule has 0 bridgehead atoms. The zero-order chi connectivity index (χ0) is 47.1. The molecule has 15 atom stereocenters. The molecule has 3 aliphatic heterocycles. The average Bonchev–Trinajstić information content (AvgIpc) is 3.23. The second kappa shape index (κ2) is 30.5. The van der Waals surface area contributed by atoms with Crippen molar-refractivity contribution < 1.29 is 103 Å². The van der Waals surface area contributed by atoms with Crippen molar-refractivity contribution in [1.82, 2.24) is 16.0 Å². The third-order valence-corrected chi connectivity index (χ3v) is 10.8. The molecular formula is C42H83N3O21. The van der Waals surface area contributed by atoms with Crippen LogP contribution >= 0.6 is 0 Å². The molecule has 392 valence electrons. The second-order valence-corrected chi connectivity index (χ2v) is 17.3. The Balaban J connectivity index is 0.0000141. The number of ether oxygens (including phenoxy) is 9. The van der Waals surface area contributed by atoms with Gasteiger partial charge in [-0.1, -0.05) is 43.1 Å². The third-order valence-electron chi connectivity index (χ3n) is 10.8. The summed E-state index contributed by atoms with van der Waals surface area (Å²) in [5.74, 6) is -3.65. The molecule has 24 nitrogen and oxygen atoms in total. The first-order chi connectivity index (χ1) is 29.7. The van der Waals surface area contributed by atoms with Crippen LogP contribution in [0.25, 0.3) is 0 Å². The maximum Gasteiger partial charge on any atom is 0.247 e. The third kappa shape index (κ3) is 19.3. The van der Waals surface area contributed by atoms with E-state index >= 15 is 0 Å². The van der Waals surface area contributed by atoms with E-state index < -0.39 is 154 Å². The number of carbonyl (C=O) groups excluding carboxylic acids is 3. The van der Waals surface area contributed by atoms with E-state index in [2.05, 4.69) is 16.0 Å². The highest BCUT2D eigenvalue weighted by Crippen LogP contribution is 2.29. The Morgan fingerprint density at radius 1 is 0.530 bits per heavy atom. The molecular weight excluding hydrogens is 882 g/mol. The molecule has 12 N–H and O–H groups in total. The summed E-state index contributed by atoms with van der Waals surface area (Å²) in [4.78, 5) is 38.5. The Bertz CT molecular complexity index is 1230. The van der Waals surface area contributed by atoms with Crippen LogP contribution in [0.5, 0.6) is 0 Å². The van der Waals surface area contributed by atoms with Gasteiger partial charge in [0.2, 0.25) is 11.8 Å². The summed E-state index contributed by atoms with van der Waals surface area (Å²) in [7, 11) is 0. The molecule has 2 amide bonds. The normalized spacial score (nSPS) is 33.3. The minimum atomic E-state index is -1.32. The van der Waals surface area contributed by atoms with Gasteiger partial charge in [-0.25, -0.2) is 0 Å². The lowest BCUT2D eigenvalue weighted by Gasteiger charge is -2.40. The summed E-state index contributed by atoms with van der Waals surface area (Å²) < 4.78 is 50.8. The highest BCUT2D eigenvalue weighted by Gasteiger charge is 2.45. The number of nitrogens with one attached hydrogen (secondary N) is 3. The summed E-state index contributed by atoms with van der Waals surface area (Å²) >= 11 is 0. The highest BCUT2D eigenvalue weighted by atomic mass is 16.7. The number of ketones is 1. The van der Waals surface area contributed by atoms with E-state index in [0.717, 1.165) is 0 Å². The fourth-order valence-corrected chi connectivity index (χ4v) is 7.17. The Morgan fingerprint density at radius 2 is 0.864 bits per heavy atom. The first-order valence-corrected chi connectivity index (χ1v) is 21.0. The fourth-order valence-electron chi connectivity index (χ4n) is 7.17. The van der Waals surface area contributed by atoms with Gasteiger partial charge in [-0.15, -0.1) is 0 Å². The topological polar surface area (TPSA) is 352 Å².